The Bertz CT molecular complexity index is 455. The van der Waals surface area contributed by atoms with Gasteiger partial charge in [-0.05, 0) is 39.0 Å². The molecule has 0 aliphatic heterocycles. The topological polar surface area (TPSA) is 95.2 Å². The molecule has 1 aromatic rings. The van der Waals surface area contributed by atoms with E-state index in [1.807, 2.05) is 13.8 Å². The molecule has 0 aromatic carbocycles. The van der Waals surface area contributed by atoms with Gasteiger partial charge in [-0.3, -0.25) is 5.43 Å². The van der Waals surface area contributed by atoms with Gasteiger partial charge in [0.05, 0.1) is 6.10 Å². The van der Waals surface area contributed by atoms with E-state index in [4.69, 9.17) is 15.3 Å². The first-order valence-electron chi connectivity index (χ1n) is 7.66. The molecule has 0 bridgehead atoms. The number of hydrogen-bond acceptors (Lipinski definition) is 7. The first kappa shape index (κ1) is 15.8. The lowest BCUT2D eigenvalue weighted by atomic mass is 9.86. The van der Waals surface area contributed by atoms with Gasteiger partial charge in [0.2, 0.25) is 5.95 Å². The van der Waals surface area contributed by atoms with Gasteiger partial charge in [0.25, 0.3) is 0 Å². The average molecular weight is 295 g/mol. The molecule has 0 radical (unpaired) electrons. The zero-order chi connectivity index (χ0) is 15.2. The van der Waals surface area contributed by atoms with E-state index in [-0.39, 0.29) is 30.2 Å². The Kier molecular flexibility index (Phi) is 5.55. The van der Waals surface area contributed by atoms with Gasteiger partial charge < -0.3 is 9.47 Å². The summed E-state index contributed by atoms with van der Waals surface area (Å²) >= 11 is 0. The summed E-state index contributed by atoms with van der Waals surface area (Å²) in [6.07, 6.45) is 5.88. The highest BCUT2D eigenvalue weighted by molar-refractivity contribution is 5.25. The van der Waals surface area contributed by atoms with Gasteiger partial charge in [0.1, 0.15) is 6.10 Å². The van der Waals surface area contributed by atoms with Gasteiger partial charge in [-0.15, -0.1) is 4.98 Å². The molecule has 2 unspecified atom stereocenters. The van der Waals surface area contributed by atoms with Crippen molar-refractivity contribution in [2.75, 3.05) is 5.43 Å². The van der Waals surface area contributed by atoms with Crippen LogP contribution in [0.1, 0.15) is 52.9 Å². The van der Waals surface area contributed by atoms with Crippen LogP contribution in [0.2, 0.25) is 0 Å². The monoisotopic (exact) mass is 295 g/mol. The smallest absolute Gasteiger partial charge is 0.324 e. The first-order valence-corrected chi connectivity index (χ1v) is 7.66. The average Bonchev–Trinajstić information content (AvgIpc) is 2.46. The summed E-state index contributed by atoms with van der Waals surface area (Å²) in [7, 11) is 0. The molecule has 1 aliphatic carbocycles. The van der Waals surface area contributed by atoms with Crippen LogP contribution in [0.15, 0.2) is 0 Å². The molecular weight excluding hydrogens is 270 g/mol. The number of aromatic nitrogens is 3. The number of nitrogens with two attached hydrogens (primary N) is 1. The summed E-state index contributed by atoms with van der Waals surface area (Å²) in [4.78, 5) is 12.4. The second kappa shape index (κ2) is 7.40. The summed E-state index contributed by atoms with van der Waals surface area (Å²) in [5.41, 5.74) is 2.42. The van der Waals surface area contributed by atoms with E-state index >= 15 is 0 Å². The van der Waals surface area contributed by atoms with E-state index in [1.54, 1.807) is 0 Å². The minimum Gasteiger partial charge on any atom is -0.461 e. The molecular formula is C14H25N5O2. The zero-order valence-corrected chi connectivity index (χ0v) is 13.0. The number of nitrogens with one attached hydrogen (secondary N) is 1. The maximum atomic E-state index is 5.91. The third-order valence-electron chi connectivity index (χ3n) is 3.65. The second-order valence-electron chi connectivity index (χ2n) is 5.72. The molecule has 2 atom stereocenters. The Morgan fingerprint density at radius 2 is 2.00 bits per heavy atom. The molecule has 0 spiro atoms. The van der Waals surface area contributed by atoms with Crippen molar-refractivity contribution in [3.05, 3.63) is 0 Å². The molecule has 3 N–H and O–H groups in total. The van der Waals surface area contributed by atoms with Gasteiger partial charge in [0.15, 0.2) is 0 Å². The van der Waals surface area contributed by atoms with Crippen LogP contribution in [0, 0.1) is 5.92 Å². The molecule has 0 amide bonds. The summed E-state index contributed by atoms with van der Waals surface area (Å²) in [6, 6.07) is 0.501. The van der Waals surface area contributed by atoms with Crippen LogP contribution in [0.5, 0.6) is 12.0 Å². The molecule has 0 saturated heterocycles. The van der Waals surface area contributed by atoms with E-state index in [0.29, 0.717) is 0 Å². The first-order chi connectivity index (χ1) is 10.1. The molecule has 1 fully saturated rings. The number of nitrogen functional groups attached to an aromatic ring is 1. The number of anilines is 1. The van der Waals surface area contributed by atoms with Gasteiger partial charge in [-0.1, -0.05) is 19.8 Å². The SMILES string of the molecule is CCC1CCCC(Oc2nc(NN)nc(OC(C)C)n2)C1. The second-order valence-corrected chi connectivity index (χ2v) is 5.72. The molecule has 118 valence electrons. The lowest BCUT2D eigenvalue weighted by Gasteiger charge is -2.28. The van der Waals surface area contributed by atoms with Crippen molar-refractivity contribution in [1.82, 2.24) is 15.0 Å². The molecule has 2 rings (SSSR count). The molecule has 1 aromatic heterocycles. The Balaban J connectivity index is 2.07. The van der Waals surface area contributed by atoms with Crippen LogP contribution in [0.25, 0.3) is 0 Å². The number of nitrogens with zero attached hydrogens (tertiary/aromatic N) is 3. The van der Waals surface area contributed by atoms with Crippen molar-refractivity contribution in [1.29, 1.82) is 0 Å². The summed E-state index contributed by atoms with van der Waals surface area (Å²) in [5.74, 6) is 6.36. The quantitative estimate of drug-likeness (QED) is 0.614. The summed E-state index contributed by atoms with van der Waals surface area (Å²) < 4.78 is 11.4. The molecule has 21 heavy (non-hydrogen) atoms. The van der Waals surface area contributed by atoms with Crippen LogP contribution >= 0.6 is 0 Å². The maximum absolute atomic E-state index is 5.91. The number of hydrogen-bond donors (Lipinski definition) is 2. The van der Waals surface area contributed by atoms with Crippen LogP contribution in [-0.4, -0.2) is 27.2 Å². The van der Waals surface area contributed by atoms with E-state index < -0.39 is 0 Å². The van der Waals surface area contributed by atoms with E-state index in [2.05, 4.69) is 27.3 Å². The standard InChI is InChI=1S/C14H25N5O2/c1-4-10-6-5-7-11(8-10)21-14-17-12(19-15)16-13(18-14)20-9(2)3/h9-11H,4-8,15H2,1-3H3,(H,16,17,18,19). The Morgan fingerprint density at radius 3 is 2.67 bits per heavy atom. The van der Waals surface area contributed by atoms with Crippen molar-refractivity contribution >= 4 is 5.95 Å². The Hall–Kier alpha value is -1.63. The van der Waals surface area contributed by atoms with Gasteiger partial charge in [0, 0.05) is 0 Å². The normalized spacial score (nSPS) is 22.1. The zero-order valence-electron chi connectivity index (χ0n) is 13.0. The summed E-state index contributed by atoms with van der Waals surface area (Å²) in [5, 5.41) is 0. The van der Waals surface area contributed by atoms with Crippen LogP contribution < -0.4 is 20.7 Å². The highest BCUT2D eigenvalue weighted by Gasteiger charge is 2.23. The van der Waals surface area contributed by atoms with Gasteiger partial charge >= 0.3 is 12.0 Å². The highest BCUT2D eigenvalue weighted by atomic mass is 16.5. The predicted octanol–water partition coefficient (Wildman–Crippen LogP) is 2.29. The van der Waals surface area contributed by atoms with Crippen molar-refractivity contribution < 1.29 is 9.47 Å². The van der Waals surface area contributed by atoms with E-state index in [0.717, 1.165) is 18.8 Å². The van der Waals surface area contributed by atoms with E-state index in [1.165, 1.54) is 19.3 Å². The molecule has 1 saturated carbocycles. The molecule has 1 heterocycles. The Morgan fingerprint density at radius 1 is 1.24 bits per heavy atom. The minimum absolute atomic E-state index is 0.0231. The largest absolute Gasteiger partial charge is 0.461 e. The fourth-order valence-electron chi connectivity index (χ4n) is 2.59. The lowest BCUT2D eigenvalue weighted by molar-refractivity contribution is 0.109. The predicted molar refractivity (Wildman–Crippen MR) is 80.1 cm³/mol. The number of ether oxygens (including phenoxy) is 2. The highest BCUT2D eigenvalue weighted by Crippen LogP contribution is 2.29. The fraction of sp³-hybridized carbons (Fsp3) is 0.786. The van der Waals surface area contributed by atoms with Crippen molar-refractivity contribution in [2.24, 2.45) is 11.8 Å². The minimum atomic E-state index is -0.0231. The summed E-state index contributed by atoms with van der Waals surface area (Å²) in [6.45, 7) is 6.04. The van der Waals surface area contributed by atoms with Crippen LogP contribution in [-0.2, 0) is 0 Å². The molecule has 1 aliphatic rings. The number of hydrazine groups is 1. The van der Waals surface area contributed by atoms with Gasteiger partial charge in [-0.25, -0.2) is 5.84 Å². The van der Waals surface area contributed by atoms with Crippen LogP contribution in [0.3, 0.4) is 0 Å². The fourth-order valence-corrected chi connectivity index (χ4v) is 2.59. The molecule has 7 nitrogen and oxygen atoms in total. The third kappa shape index (κ3) is 4.70. The van der Waals surface area contributed by atoms with E-state index in [9.17, 15) is 0 Å². The molecule has 7 heteroatoms. The lowest BCUT2D eigenvalue weighted by Crippen LogP contribution is -2.26. The van der Waals surface area contributed by atoms with Crippen LogP contribution in [0.4, 0.5) is 5.95 Å². The van der Waals surface area contributed by atoms with Gasteiger partial charge in [-0.2, -0.15) is 9.97 Å². The van der Waals surface area contributed by atoms with Crippen molar-refractivity contribution in [2.45, 2.75) is 65.1 Å². The Labute approximate surface area is 125 Å². The van der Waals surface area contributed by atoms with Crippen molar-refractivity contribution in [3.63, 3.8) is 0 Å². The number of rotatable bonds is 6. The third-order valence-corrected chi connectivity index (χ3v) is 3.65. The van der Waals surface area contributed by atoms with Crippen molar-refractivity contribution in [3.8, 4) is 12.0 Å². The maximum Gasteiger partial charge on any atom is 0.324 e.